The van der Waals surface area contributed by atoms with Gasteiger partial charge in [-0.2, -0.15) is 0 Å². The molecule has 41 heavy (non-hydrogen) atoms. The maximum Gasteiger partial charge on any atom is 0.414 e. The van der Waals surface area contributed by atoms with Crippen molar-refractivity contribution in [2.75, 3.05) is 25.6 Å². The van der Waals surface area contributed by atoms with Crippen molar-refractivity contribution in [2.45, 2.75) is 52.3 Å². The summed E-state index contributed by atoms with van der Waals surface area (Å²) in [7, 11) is 1.07. The minimum atomic E-state index is -1.44. The Kier molecular flexibility index (Phi) is 11.6. The number of amides is 3. The van der Waals surface area contributed by atoms with Crippen LogP contribution in [-0.2, 0) is 38.1 Å². The third kappa shape index (κ3) is 11.1. The smallest absolute Gasteiger partial charge is 0.414 e. The zero-order valence-electron chi connectivity index (χ0n) is 23.1. The van der Waals surface area contributed by atoms with Gasteiger partial charge in [0.15, 0.2) is 6.04 Å². The van der Waals surface area contributed by atoms with Gasteiger partial charge in [0, 0.05) is 37.2 Å². The molecule has 0 spiro atoms. The molecule has 0 aliphatic heterocycles. The third-order valence-corrected chi connectivity index (χ3v) is 5.47. The van der Waals surface area contributed by atoms with E-state index in [4.69, 9.17) is 14.2 Å². The van der Waals surface area contributed by atoms with E-state index < -0.39 is 66.7 Å². The van der Waals surface area contributed by atoms with Gasteiger partial charge < -0.3 is 29.6 Å². The van der Waals surface area contributed by atoms with E-state index in [-0.39, 0.29) is 11.6 Å². The Morgan fingerprint density at radius 2 is 1.51 bits per heavy atom. The number of carbonyl (C=O) groups excluding carboxylic acids is 6. The highest BCUT2D eigenvalue weighted by Gasteiger charge is 2.30. The highest BCUT2D eigenvalue weighted by Crippen LogP contribution is 2.23. The number of hydrogen-bond acceptors (Lipinski definition) is 14. The van der Waals surface area contributed by atoms with Crippen LogP contribution in [0.25, 0.3) is 10.6 Å². The van der Waals surface area contributed by atoms with Crippen LogP contribution in [0.3, 0.4) is 0 Å². The van der Waals surface area contributed by atoms with Crippen LogP contribution in [0.5, 0.6) is 0 Å². The molecular formula is C24H30N6O10S. The van der Waals surface area contributed by atoms with E-state index in [1.54, 1.807) is 20.8 Å². The lowest BCUT2D eigenvalue weighted by Gasteiger charge is -2.21. The molecule has 0 aromatic carbocycles. The predicted molar refractivity (Wildman–Crippen MR) is 141 cm³/mol. The number of nitrogens with one attached hydrogen (secondary N) is 3. The number of anilines is 1. The number of methoxy groups -OCH3 is 1. The first-order chi connectivity index (χ1) is 19.2. The van der Waals surface area contributed by atoms with E-state index in [1.807, 2.05) is 0 Å². The first-order valence-electron chi connectivity index (χ1n) is 11.9. The van der Waals surface area contributed by atoms with Crippen LogP contribution in [-0.4, -0.2) is 88.8 Å². The maximum atomic E-state index is 12.9. The summed E-state index contributed by atoms with van der Waals surface area (Å²) in [5.74, 6) is -4.04. The number of hydrogen-bond donors (Lipinski definition) is 3. The third-order valence-electron chi connectivity index (χ3n) is 4.58. The van der Waals surface area contributed by atoms with Crippen molar-refractivity contribution in [3.63, 3.8) is 0 Å². The molecule has 0 saturated carbocycles. The van der Waals surface area contributed by atoms with Gasteiger partial charge >= 0.3 is 24.0 Å². The van der Waals surface area contributed by atoms with Crippen LogP contribution in [0.4, 0.5) is 10.7 Å². The van der Waals surface area contributed by atoms with Crippen molar-refractivity contribution in [2.24, 2.45) is 0 Å². The predicted octanol–water partition coefficient (Wildman–Crippen LogP) is 0.830. The fraction of sp³-hybridized carbons (Fsp3) is 0.458. The minimum absolute atomic E-state index is 0.00388. The Balaban J connectivity index is 2.12. The Bertz CT molecular complexity index is 1270. The molecule has 17 heteroatoms. The fourth-order valence-electron chi connectivity index (χ4n) is 2.81. The quantitative estimate of drug-likeness (QED) is 0.243. The fourth-order valence-corrected chi connectivity index (χ4v) is 3.58. The zero-order chi connectivity index (χ0) is 30.7. The van der Waals surface area contributed by atoms with Gasteiger partial charge in [0.1, 0.15) is 35.6 Å². The molecule has 0 fully saturated rings. The van der Waals surface area contributed by atoms with Crippen molar-refractivity contribution in [3.8, 4) is 10.6 Å². The van der Waals surface area contributed by atoms with Gasteiger partial charge in [-0.1, -0.05) is 0 Å². The average molecular weight is 595 g/mol. The molecular weight excluding hydrogens is 564 g/mol. The molecule has 222 valence electrons. The number of ether oxygens (including phenoxy) is 4. The Morgan fingerprint density at radius 1 is 0.927 bits per heavy atom. The standard InChI is InChI=1S/C24H30N6O10S/c1-12(31)38-9-15(18(33)28-16(21(35)37-6)10-39-13(2)32)27-19(34)17-11-41-20(29-17)14-7-25-22(26-8-14)30-23(36)40-24(3,4)5/h7-8,11,15-16H,9-10H2,1-6H3,(H,27,34)(H,28,33)(H,25,26,30,36)/t15-,16-/m0/s1. The Morgan fingerprint density at radius 3 is 2.05 bits per heavy atom. The van der Waals surface area contributed by atoms with E-state index in [9.17, 15) is 28.8 Å². The van der Waals surface area contributed by atoms with Gasteiger partial charge in [-0.05, 0) is 20.8 Å². The number of carbonyl (C=O) groups is 6. The highest BCUT2D eigenvalue weighted by atomic mass is 32.1. The van der Waals surface area contributed by atoms with Gasteiger partial charge in [-0.3, -0.25) is 24.5 Å². The Labute approximate surface area is 238 Å². The number of thiazole rings is 1. The molecule has 2 atom stereocenters. The molecule has 2 rings (SSSR count). The molecule has 0 saturated heterocycles. The van der Waals surface area contributed by atoms with Crippen LogP contribution in [0.15, 0.2) is 17.8 Å². The second-order valence-corrected chi connectivity index (χ2v) is 10.0. The molecule has 0 bridgehead atoms. The zero-order valence-corrected chi connectivity index (χ0v) is 23.9. The van der Waals surface area contributed by atoms with Gasteiger partial charge in [0.25, 0.3) is 5.91 Å². The number of rotatable bonds is 11. The molecule has 0 unspecified atom stereocenters. The van der Waals surface area contributed by atoms with Crippen LogP contribution in [0.2, 0.25) is 0 Å². The molecule has 3 amide bonds. The van der Waals surface area contributed by atoms with Crippen LogP contribution in [0, 0.1) is 0 Å². The normalized spacial score (nSPS) is 12.2. The molecule has 3 N–H and O–H groups in total. The topological polar surface area (TPSA) is 214 Å². The van der Waals surface area contributed by atoms with Crippen molar-refractivity contribution >= 4 is 53.1 Å². The summed E-state index contributed by atoms with van der Waals surface area (Å²) in [4.78, 5) is 84.4. The SMILES string of the molecule is COC(=O)[C@H](COC(C)=O)NC(=O)[C@H](COC(C)=O)NC(=O)c1csc(-c2cnc(NC(=O)OC(C)(C)C)nc2)n1. The van der Waals surface area contributed by atoms with Crippen LogP contribution < -0.4 is 16.0 Å². The number of nitrogens with zero attached hydrogens (tertiary/aromatic N) is 3. The van der Waals surface area contributed by atoms with Crippen LogP contribution in [0.1, 0.15) is 45.1 Å². The molecule has 2 aromatic heterocycles. The van der Waals surface area contributed by atoms with E-state index in [0.717, 1.165) is 32.3 Å². The molecule has 0 radical (unpaired) electrons. The average Bonchev–Trinajstić information content (AvgIpc) is 3.38. The van der Waals surface area contributed by atoms with E-state index in [2.05, 4.69) is 35.6 Å². The largest absolute Gasteiger partial charge is 0.467 e. The van der Waals surface area contributed by atoms with Gasteiger partial charge in [0.05, 0.1) is 7.11 Å². The summed E-state index contributed by atoms with van der Waals surface area (Å²) in [6.45, 7) is 6.27. The van der Waals surface area contributed by atoms with Crippen molar-refractivity contribution in [1.29, 1.82) is 0 Å². The number of esters is 3. The van der Waals surface area contributed by atoms with Gasteiger partial charge in [-0.15, -0.1) is 11.3 Å². The van der Waals surface area contributed by atoms with E-state index in [1.165, 1.54) is 17.8 Å². The van der Waals surface area contributed by atoms with Crippen molar-refractivity contribution in [1.82, 2.24) is 25.6 Å². The van der Waals surface area contributed by atoms with Gasteiger partial charge in [-0.25, -0.2) is 24.5 Å². The first kappa shape index (κ1) is 32.5. The van der Waals surface area contributed by atoms with Crippen molar-refractivity contribution < 1.29 is 47.7 Å². The number of aromatic nitrogens is 3. The highest BCUT2D eigenvalue weighted by molar-refractivity contribution is 7.13. The molecule has 0 aliphatic carbocycles. The summed E-state index contributed by atoms with van der Waals surface area (Å²) in [6.07, 6.45) is 2.04. The van der Waals surface area contributed by atoms with E-state index >= 15 is 0 Å². The lowest BCUT2D eigenvalue weighted by molar-refractivity contribution is -0.152. The molecule has 0 aliphatic rings. The van der Waals surface area contributed by atoms with Crippen LogP contribution >= 0.6 is 11.3 Å². The second kappa shape index (κ2) is 14.6. The Hall–Kier alpha value is -4.67. The molecule has 2 aromatic rings. The summed E-state index contributed by atoms with van der Waals surface area (Å²) < 4.78 is 19.4. The molecule has 2 heterocycles. The summed E-state index contributed by atoms with van der Waals surface area (Å²) in [5, 5.41) is 8.85. The lowest BCUT2D eigenvalue weighted by atomic mass is 10.2. The van der Waals surface area contributed by atoms with Gasteiger partial charge in [0.2, 0.25) is 11.9 Å². The lowest BCUT2D eigenvalue weighted by Crippen LogP contribution is -2.55. The van der Waals surface area contributed by atoms with Crippen molar-refractivity contribution in [3.05, 3.63) is 23.5 Å². The first-order valence-corrected chi connectivity index (χ1v) is 12.8. The minimum Gasteiger partial charge on any atom is -0.467 e. The summed E-state index contributed by atoms with van der Waals surface area (Å²) >= 11 is 1.08. The van der Waals surface area contributed by atoms with E-state index in [0.29, 0.717) is 10.6 Å². The molecule has 16 nitrogen and oxygen atoms in total. The second-order valence-electron chi connectivity index (χ2n) is 9.18. The summed E-state index contributed by atoms with van der Waals surface area (Å²) in [6, 6.07) is -2.82. The monoisotopic (exact) mass is 594 g/mol. The summed E-state index contributed by atoms with van der Waals surface area (Å²) in [5.41, 5.74) is -0.345. The maximum absolute atomic E-state index is 12.9.